The van der Waals surface area contributed by atoms with Crippen molar-refractivity contribution in [2.75, 3.05) is 37.0 Å². The first-order valence-corrected chi connectivity index (χ1v) is 9.10. The van der Waals surface area contributed by atoms with Crippen molar-refractivity contribution in [2.24, 2.45) is 0 Å². The number of hydrogen-bond donors (Lipinski definition) is 1. The molecule has 1 aromatic carbocycles. The fraction of sp³-hybridized carbons (Fsp3) is 0.500. The van der Waals surface area contributed by atoms with Crippen molar-refractivity contribution in [1.29, 1.82) is 0 Å². The molecule has 1 heterocycles. The minimum atomic E-state index is -3.73. The summed E-state index contributed by atoms with van der Waals surface area (Å²) >= 11 is 1.72. The van der Waals surface area contributed by atoms with Gasteiger partial charge in [0.2, 0.25) is 10.0 Å². The highest BCUT2D eigenvalue weighted by molar-refractivity contribution is 7.99. The van der Waals surface area contributed by atoms with Crippen LogP contribution in [0.15, 0.2) is 23.1 Å². The van der Waals surface area contributed by atoms with Crippen molar-refractivity contribution < 1.29 is 13.3 Å². The third kappa shape index (κ3) is 3.47. The van der Waals surface area contributed by atoms with Gasteiger partial charge in [-0.25, -0.2) is 8.42 Å². The van der Waals surface area contributed by atoms with E-state index >= 15 is 0 Å². The number of nitro groups is 1. The zero-order chi connectivity index (χ0) is 15.5. The van der Waals surface area contributed by atoms with E-state index in [1.54, 1.807) is 18.8 Å². The van der Waals surface area contributed by atoms with Crippen LogP contribution in [0.5, 0.6) is 0 Å². The van der Waals surface area contributed by atoms with Crippen molar-refractivity contribution >= 4 is 33.2 Å². The van der Waals surface area contributed by atoms with E-state index in [0.717, 1.165) is 24.0 Å². The predicted octanol–water partition coefficient (Wildman–Crippen LogP) is 1.76. The second-order valence-electron chi connectivity index (χ2n) is 4.56. The Labute approximate surface area is 127 Å². The number of hydrogen-bond acceptors (Lipinski definition) is 6. The molecule has 9 heteroatoms. The number of nitro benzene ring substituents is 1. The molecule has 0 aliphatic carbocycles. The van der Waals surface area contributed by atoms with Gasteiger partial charge in [-0.05, 0) is 18.2 Å². The van der Waals surface area contributed by atoms with Crippen LogP contribution in [0.3, 0.4) is 0 Å². The van der Waals surface area contributed by atoms with Crippen molar-refractivity contribution in [3.63, 3.8) is 0 Å². The standard InChI is InChI=1S/C12H17N3O4S2/c1-13-11-4-3-10(15(16)17)9-12(11)21(18,19)14-5-2-7-20-8-6-14/h3-4,9,13H,2,5-8H2,1H3. The number of anilines is 1. The zero-order valence-corrected chi connectivity index (χ0v) is 13.2. The van der Waals surface area contributed by atoms with E-state index in [9.17, 15) is 18.5 Å². The van der Waals surface area contributed by atoms with Gasteiger partial charge in [-0.15, -0.1) is 0 Å². The number of thioether (sulfide) groups is 1. The molecule has 1 aromatic rings. The van der Waals surface area contributed by atoms with E-state index in [2.05, 4.69) is 5.32 Å². The third-order valence-electron chi connectivity index (χ3n) is 3.24. The van der Waals surface area contributed by atoms with E-state index < -0.39 is 14.9 Å². The molecule has 21 heavy (non-hydrogen) atoms. The normalized spacial score (nSPS) is 17.2. The Morgan fingerprint density at radius 1 is 1.33 bits per heavy atom. The summed E-state index contributed by atoms with van der Waals surface area (Å²) in [7, 11) is -2.14. The Kier molecular flexibility index (Phi) is 5.07. The van der Waals surface area contributed by atoms with Gasteiger partial charge in [0.05, 0.1) is 10.6 Å². The third-order valence-corrected chi connectivity index (χ3v) is 6.23. The number of rotatable bonds is 4. The Hall–Kier alpha value is -1.32. The van der Waals surface area contributed by atoms with E-state index in [0.29, 0.717) is 18.8 Å². The van der Waals surface area contributed by atoms with Crippen LogP contribution in [0.1, 0.15) is 6.42 Å². The topological polar surface area (TPSA) is 92.5 Å². The van der Waals surface area contributed by atoms with Crippen LogP contribution in [0.4, 0.5) is 11.4 Å². The lowest BCUT2D eigenvalue weighted by Crippen LogP contribution is -2.33. The molecule has 1 fully saturated rings. The summed E-state index contributed by atoms with van der Waals surface area (Å²) in [6, 6.07) is 3.85. The highest BCUT2D eigenvalue weighted by atomic mass is 32.2. The van der Waals surface area contributed by atoms with Crippen LogP contribution < -0.4 is 5.32 Å². The minimum Gasteiger partial charge on any atom is -0.387 e. The molecule has 1 aliphatic heterocycles. The second kappa shape index (κ2) is 6.63. The van der Waals surface area contributed by atoms with Crippen LogP contribution in [-0.4, -0.2) is 49.3 Å². The average molecular weight is 331 g/mol. The van der Waals surface area contributed by atoms with E-state index in [-0.39, 0.29) is 10.6 Å². The Balaban J connectivity index is 2.46. The summed E-state index contributed by atoms with van der Waals surface area (Å²) in [5.74, 6) is 1.67. The molecular formula is C12H17N3O4S2. The summed E-state index contributed by atoms with van der Waals surface area (Å²) < 4.78 is 26.9. The van der Waals surface area contributed by atoms with Gasteiger partial charge in [-0.2, -0.15) is 16.1 Å². The molecule has 0 saturated carbocycles. The highest BCUT2D eigenvalue weighted by Crippen LogP contribution is 2.29. The quantitative estimate of drug-likeness (QED) is 0.667. The largest absolute Gasteiger partial charge is 0.387 e. The molecule has 1 aliphatic rings. The highest BCUT2D eigenvalue weighted by Gasteiger charge is 2.29. The molecule has 1 saturated heterocycles. The molecular weight excluding hydrogens is 314 g/mol. The molecule has 7 nitrogen and oxygen atoms in total. The van der Waals surface area contributed by atoms with Crippen molar-refractivity contribution in [3.8, 4) is 0 Å². The summed E-state index contributed by atoms with van der Waals surface area (Å²) in [6.45, 7) is 0.875. The molecule has 0 atom stereocenters. The van der Waals surface area contributed by atoms with Crippen LogP contribution in [-0.2, 0) is 10.0 Å². The monoisotopic (exact) mass is 331 g/mol. The van der Waals surface area contributed by atoms with Gasteiger partial charge in [-0.3, -0.25) is 10.1 Å². The van der Waals surface area contributed by atoms with Gasteiger partial charge in [0.15, 0.2) is 0 Å². The van der Waals surface area contributed by atoms with E-state index in [4.69, 9.17) is 0 Å². The average Bonchev–Trinajstić information content (AvgIpc) is 2.76. The molecule has 116 valence electrons. The van der Waals surface area contributed by atoms with Crippen molar-refractivity contribution in [3.05, 3.63) is 28.3 Å². The first-order chi connectivity index (χ1) is 9.96. The van der Waals surface area contributed by atoms with Gasteiger partial charge in [-0.1, -0.05) is 0 Å². The predicted molar refractivity (Wildman–Crippen MR) is 83.3 cm³/mol. The first kappa shape index (κ1) is 16.1. The van der Waals surface area contributed by atoms with Crippen LogP contribution >= 0.6 is 11.8 Å². The number of sulfonamides is 1. The molecule has 0 bridgehead atoms. The van der Waals surface area contributed by atoms with Crippen LogP contribution in [0.2, 0.25) is 0 Å². The SMILES string of the molecule is CNc1ccc([N+](=O)[O-])cc1S(=O)(=O)N1CCCSCC1. The maximum atomic E-state index is 12.7. The smallest absolute Gasteiger partial charge is 0.270 e. The van der Waals surface area contributed by atoms with Gasteiger partial charge >= 0.3 is 0 Å². The maximum absolute atomic E-state index is 12.7. The van der Waals surface area contributed by atoms with Crippen molar-refractivity contribution in [2.45, 2.75) is 11.3 Å². The summed E-state index contributed by atoms with van der Waals surface area (Å²) in [5, 5.41) is 13.7. The van der Waals surface area contributed by atoms with Gasteiger partial charge < -0.3 is 5.32 Å². The fourth-order valence-electron chi connectivity index (χ4n) is 2.15. The molecule has 2 rings (SSSR count). The Bertz CT molecular complexity index is 625. The van der Waals surface area contributed by atoms with Crippen molar-refractivity contribution in [1.82, 2.24) is 4.31 Å². The number of nitrogens with zero attached hydrogens (tertiary/aromatic N) is 2. The molecule has 0 radical (unpaired) electrons. The lowest BCUT2D eigenvalue weighted by atomic mass is 10.3. The van der Waals surface area contributed by atoms with Gasteiger partial charge in [0.1, 0.15) is 4.90 Å². The summed E-state index contributed by atoms with van der Waals surface area (Å²) in [4.78, 5) is 10.3. The Morgan fingerprint density at radius 3 is 2.76 bits per heavy atom. The first-order valence-electron chi connectivity index (χ1n) is 6.51. The summed E-state index contributed by atoms with van der Waals surface area (Å²) in [6.07, 6.45) is 0.785. The van der Waals surface area contributed by atoms with Crippen LogP contribution in [0.25, 0.3) is 0 Å². The molecule has 0 aromatic heterocycles. The molecule has 1 N–H and O–H groups in total. The number of benzene rings is 1. The van der Waals surface area contributed by atoms with Gasteiger partial charge in [0, 0.05) is 38.0 Å². The molecule has 0 amide bonds. The lowest BCUT2D eigenvalue weighted by Gasteiger charge is -2.21. The molecule has 0 spiro atoms. The summed E-state index contributed by atoms with van der Waals surface area (Å²) in [5.41, 5.74) is 0.147. The van der Waals surface area contributed by atoms with Crippen LogP contribution in [0, 0.1) is 10.1 Å². The number of nitrogens with one attached hydrogen (secondary N) is 1. The maximum Gasteiger partial charge on any atom is 0.270 e. The second-order valence-corrected chi connectivity index (χ2v) is 7.69. The fourth-order valence-corrected chi connectivity index (χ4v) is 4.85. The van der Waals surface area contributed by atoms with E-state index in [1.165, 1.54) is 16.4 Å². The lowest BCUT2D eigenvalue weighted by molar-refractivity contribution is -0.385. The number of non-ortho nitro benzene ring substituents is 1. The van der Waals surface area contributed by atoms with Gasteiger partial charge in [0.25, 0.3) is 5.69 Å². The Morgan fingerprint density at radius 2 is 2.10 bits per heavy atom. The van der Waals surface area contributed by atoms with E-state index in [1.807, 2.05) is 0 Å². The minimum absolute atomic E-state index is 0.0360. The molecule has 0 unspecified atom stereocenters. The zero-order valence-electron chi connectivity index (χ0n) is 11.6.